The third kappa shape index (κ3) is 3.52. The highest BCUT2D eigenvalue weighted by molar-refractivity contribution is 5.95. The van der Waals surface area contributed by atoms with E-state index in [1.54, 1.807) is 4.68 Å². The normalized spacial score (nSPS) is 18.5. The van der Waals surface area contributed by atoms with E-state index in [1.165, 1.54) is 12.8 Å². The van der Waals surface area contributed by atoms with E-state index in [0.29, 0.717) is 5.82 Å². The lowest BCUT2D eigenvalue weighted by Gasteiger charge is -2.31. The van der Waals surface area contributed by atoms with Crippen molar-refractivity contribution in [1.29, 1.82) is 0 Å². The molecule has 6 heteroatoms. The molecule has 0 radical (unpaired) electrons. The summed E-state index contributed by atoms with van der Waals surface area (Å²) >= 11 is 0. The molecular formula is C22H25N5O. The number of piperidine rings is 1. The van der Waals surface area contributed by atoms with Gasteiger partial charge in [0.05, 0.1) is 6.20 Å². The third-order valence-corrected chi connectivity index (χ3v) is 5.97. The largest absolute Gasteiger partial charge is 0.310 e. The number of amides is 1. The zero-order valence-corrected chi connectivity index (χ0v) is 16.1. The molecule has 1 aliphatic carbocycles. The number of hydrogen-bond donors (Lipinski definition) is 1. The van der Waals surface area contributed by atoms with Gasteiger partial charge in [0.2, 0.25) is 5.91 Å². The second-order valence-corrected chi connectivity index (χ2v) is 8.06. The minimum Gasteiger partial charge on any atom is -0.310 e. The van der Waals surface area contributed by atoms with Gasteiger partial charge in [0.15, 0.2) is 0 Å². The lowest BCUT2D eigenvalue weighted by molar-refractivity contribution is -0.121. The molecule has 0 unspecified atom stereocenters. The van der Waals surface area contributed by atoms with Crippen LogP contribution in [-0.4, -0.2) is 44.7 Å². The van der Waals surface area contributed by atoms with Crippen LogP contribution >= 0.6 is 0 Å². The Morgan fingerprint density at radius 3 is 2.57 bits per heavy atom. The maximum atomic E-state index is 12.7. The molecule has 1 saturated carbocycles. The summed E-state index contributed by atoms with van der Waals surface area (Å²) in [5.41, 5.74) is 2.19. The third-order valence-electron chi connectivity index (χ3n) is 5.97. The van der Waals surface area contributed by atoms with Gasteiger partial charge in [-0.25, -0.2) is 4.98 Å². The number of aryl methyl sites for hydroxylation is 1. The molecule has 2 aliphatic rings. The zero-order chi connectivity index (χ0) is 19.1. The van der Waals surface area contributed by atoms with Crippen molar-refractivity contribution in [2.45, 2.75) is 31.7 Å². The van der Waals surface area contributed by atoms with Crippen LogP contribution in [0.15, 0.2) is 42.9 Å². The molecule has 5 rings (SSSR count). The molecule has 1 N–H and O–H groups in total. The zero-order valence-electron chi connectivity index (χ0n) is 16.1. The minimum atomic E-state index is 0.0919. The first kappa shape index (κ1) is 17.4. The number of nitrogens with zero attached hydrogens (tertiary/aromatic N) is 4. The van der Waals surface area contributed by atoms with Crippen molar-refractivity contribution in [2.24, 2.45) is 13.0 Å². The lowest BCUT2D eigenvalue weighted by atomic mass is 9.96. The number of hydrogen-bond acceptors (Lipinski definition) is 4. The van der Waals surface area contributed by atoms with Crippen molar-refractivity contribution in [2.75, 3.05) is 18.4 Å². The van der Waals surface area contributed by atoms with Crippen molar-refractivity contribution in [3.8, 4) is 11.1 Å². The van der Waals surface area contributed by atoms with Crippen LogP contribution in [0.25, 0.3) is 21.9 Å². The number of aromatic nitrogens is 3. The number of fused-ring (bicyclic) bond motifs is 1. The van der Waals surface area contributed by atoms with E-state index >= 15 is 0 Å². The second kappa shape index (κ2) is 7.02. The number of anilines is 1. The Hall–Kier alpha value is -2.73. The monoisotopic (exact) mass is 375 g/mol. The van der Waals surface area contributed by atoms with E-state index in [1.807, 2.05) is 31.7 Å². The molecule has 1 amide bonds. The summed E-state index contributed by atoms with van der Waals surface area (Å²) in [7, 11) is 1.91. The Morgan fingerprint density at radius 1 is 1.04 bits per heavy atom. The first-order valence-corrected chi connectivity index (χ1v) is 10.1. The van der Waals surface area contributed by atoms with Gasteiger partial charge in [0.25, 0.3) is 0 Å². The van der Waals surface area contributed by atoms with Gasteiger partial charge in [-0.1, -0.05) is 12.1 Å². The number of rotatable bonds is 4. The van der Waals surface area contributed by atoms with Crippen LogP contribution in [0.4, 0.5) is 5.82 Å². The highest BCUT2D eigenvalue weighted by Gasteiger charge is 2.33. The standard InChI is InChI=1S/C22H25N5O/c1-26-14-19(13-24-26)16-2-3-17-12-23-21(11-18(17)10-16)25-22(28)15-6-8-27(9-7-15)20-4-5-20/h2-3,10-15,20H,4-9H2,1H3,(H,23,25,28). The molecule has 2 fully saturated rings. The van der Waals surface area contributed by atoms with Gasteiger partial charge < -0.3 is 10.2 Å². The Kier molecular flexibility index (Phi) is 4.36. The molecule has 6 nitrogen and oxygen atoms in total. The first-order chi connectivity index (χ1) is 13.7. The summed E-state index contributed by atoms with van der Waals surface area (Å²) in [5.74, 6) is 0.824. The van der Waals surface area contributed by atoms with E-state index in [2.05, 4.69) is 38.5 Å². The van der Waals surface area contributed by atoms with Crippen molar-refractivity contribution >= 4 is 22.5 Å². The average Bonchev–Trinajstić information content (AvgIpc) is 3.48. The fraction of sp³-hybridized carbons (Fsp3) is 0.409. The molecular weight excluding hydrogens is 350 g/mol. The Morgan fingerprint density at radius 2 is 1.86 bits per heavy atom. The molecule has 1 aromatic carbocycles. The van der Waals surface area contributed by atoms with E-state index in [0.717, 1.165) is 53.9 Å². The van der Waals surface area contributed by atoms with E-state index in [4.69, 9.17) is 0 Å². The topological polar surface area (TPSA) is 63.1 Å². The maximum Gasteiger partial charge on any atom is 0.228 e. The maximum absolute atomic E-state index is 12.7. The van der Waals surface area contributed by atoms with Crippen molar-refractivity contribution in [3.63, 3.8) is 0 Å². The smallest absolute Gasteiger partial charge is 0.228 e. The fourth-order valence-electron chi connectivity index (χ4n) is 4.15. The molecule has 144 valence electrons. The molecule has 3 heterocycles. The average molecular weight is 375 g/mol. The van der Waals surface area contributed by atoms with Crippen molar-refractivity contribution in [1.82, 2.24) is 19.7 Å². The van der Waals surface area contributed by atoms with Gasteiger partial charge in [-0.3, -0.25) is 9.48 Å². The summed E-state index contributed by atoms with van der Waals surface area (Å²) in [6, 6.07) is 9.02. The van der Waals surface area contributed by atoms with Crippen LogP contribution in [0.1, 0.15) is 25.7 Å². The Bertz CT molecular complexity index is 1010. The van der Waals surface area contributed by atoms with Crippen LogP contribution in [0.3, 0.4) is 0 Å². The summed E-state index contributed by atoms with van der Waals surface area (Å²) in [6.45, 7) is 2.09. The predicted molar refractivity (Wildman–Crippen MR) is 110 cm³/mol. The van der Waals surface area contributed by atoms with Crippen LogP contribution in [0.2, 0.25) is 0 Å². The summed E-state index contributed by atoms with van der Waals surface area (Å²) in [4.78, 5) is 19.7. The molecule has 3 aromatic rings. The van der Waals surface area contributed by atoms with Crippen LogP contribution in [-0.2, 0) is 11.8 Å². The number of nitrogens with one attached hydrogen (secondary N) is 1. The SMILES string of the molecule is Cn1cc(-c2ccc3cnc(NC(=O)C4CCN(C5CC5)CC4)cc3c2)cn1. The quantitative estimate of drug-likeness (QED) is 0.759. The number of likely N-dealkylation sites (tertiary alicyclic amines) is 1. The summed E-state index contributed by atoms with van der Waals surface area (Å²) < 4.78 is 1.80. The summed E-state index contributed by atoms with van der Waals surface area (Å²) in [5, 5.41) is 9.41. The molecule has 1 saturated heterocycles. The number of carbonyl (C=O) groups excluding carboxylic acids is 1. The van der Waals surface area contributed by atoms with Crippen LogP contribution < -0.4 is 5.32 Å². The first-order valence-electron chi connectivity index (χ1n) is 10.1. The van der Waals surface area contributed by atoms with Gasteiger partial charge in [0.1, 0.15) is 5.82 Å². The highest BCUT2D eigenvalue weighted by atomic mass is 16.1. The molecule has 0 atom stereocenters. The van der Waals surface area contributed by atoms with Crippen molar-refractivity contribution in [3.05, 3.63) is 42.9 Å². The molecule has 0 bridgehead atoms. The molecule has 2 aromatic heterocycles. The Balaban J connectivity index is 1.30. The van der Waals surface area contributed by atoms with Gasteiger partial charge in [-0.15, -0.1) is 0 Å². The minimum absolute atomic E-state index is 0.0919. The molecule has 1 aliphatic heterocycles. The van der Waals surface area contributed by atoms with Gasteiger partial charge in [-0.05, 0) is 61.9 Å². The lowest BCUT2D eigenvalue weighted by Crippen LogP contribution is -2.39. The number of pyridine rings is 1. The van der Waals surface area contributed by atoms with E-state index in [9.17, 15) is 4.79 Å². The van der Waals surface area contributed by atoms with Crippen molar-refractivity contribution < 1.29 is 4.79 Å². The van der Waals surface area contributed by atoms with Crippen LogP contribution in [0.5, 0.6) is 0 Å². The second-order valence-electron chi connectivity index (χ2n) is 8.06. The van der Waals surface area contributed by atoms with Crippen LogP contribution in [0, 0.1) is 5.92 Å². The fourth-order valence-corrected chi connectivity index (χ4v) is 4.15. The number of carbonyl (C=O) groups is 1. The van der Waals surface area contributed by atoms with Gasteiger partial charge >= 0.3 is 0 Å². The number of benzene rings is 1. The predicted octanol–water partition coefficient (Wildman–Crippen LogP) is 3.45. The van der Waals surface area contributed by atoms with Gasteiger partial charge in [-0.2, -0.15) is 5.10 Å². The Labute approximate surface area is 164 Å². The van der Waals surface area contributed by atoms with E-state index < -0.39 is 0 Å². The molecule has 0 spiro atoms. The molecule has 28 heavy (non-hydrogen) atoms. The van der Waals surface area contributed by atoms with E-state index in [-0.39, 0.29) is 11.8 Å². The highest BCUT2D eigenvalue weighted by Crippen LogP contribution is 2.31. The summed E-state index contributed by atoms with van der Waals surface area (Å²) in [6.07, 6.45) is 10.2. The van der Waals surface area contributed by atoms with Gasteiger partial charge in [0, 0.05) is 42.4 Å².